The maximum atomic E-state index is 12.8. The smallest absolute Gasteiger partial charge is 0.355 e. The van der Waals surface area contributed by atoms with Gasteiger partial charge in [-0.15, -0.1) is 0 Å². The van der Waals surface area contributed by atoms with Crippen LogP contribution in [0.4, 0.5) is 13.2 Å². The lowest BCUT2D eigenvalue weighted by molar-refractivity contribution is -0.137. The predicted octanol–water partition coefficient (Wildman–Crippen LogP) is 1.86. The van der Waals surface area contributed by atoms with Gasteiger partial charge < -0.3 is 16.0 Å². The van der Waals surface area contributed by atoms with E-state index in [2.05, 4.69) is 20.9 Å². The number of aliphatic imine (C=N–C) groups is 1. The lowest BCUT2D eigenvalue weighted by Gasteiger charge is -2.32. The summed E-state index contributed by atoms with van der Waals surface area (Å²) in [5.74, 6) is -1.13. The SMILES string of the molecule is CC(=O)N[C@@]1(C(=O)NC(C)c2cccc(C(F)(F)F)c2)C=NC=CN1. The summed E-state index contributed by atoms with van der Waals surface area (Å²) in [6.45, 7) is 2.78. The first-order valence-corrected chi connectivity index (χ1v) is 7.38. The molecular formula is C16H17F3N4O2. The highest BCUT2D eigenvalue weighted by Crippen LogP contribution is 2.30. The number of alkyl halides is 3. The minimum Gasteiger partial charge on any atom is -0.355 e. The molecule has 0 saturated heterocycles. The highest BCUT2D eigenvalue weighted by molar-refractivity contribution is 6.06. The summed E-state index contributed by atoms with van der Waals surface area (Å²) in [5.41, 5.74) is -2.12. The topological polar surface area (TPSA) is 82.6 Å². The lowest BCUT2D eigenvalue weighted by atomic mass is 10.0. The number of nitrogens with one attached hydrogen (secondary N) is 3. The molecule has 0 aliphatic carbocycles. The van der Waals surface area contributed by atoms with Crippen molar-refractivity contribution in [1.29, 1.82) is 0 Å². The first-order valence-electron chi connectivity index (χ1n) is 7.38. The van der Waals surface area contributed by atoms with Crippen molar-refractivity contribution in [2.24, 2.45) is 4.99 Å². The van der Waals surface area contributed by atoms with E-state index in [1.54, 1.807) is 6.92 Å². The molecule has 3 N–H and O–H groups in total. The van der Waals surface area contributed by atoms with E-state index in [4.69, 9.17) is 0 Å². The minimum absolute atomic E-state index is 0.282. The van der Waals surface area contributed by atoms with Crippen LogP contribution in [0.5, 0.6) is 0 Å². The number of amides is 2. The molecule has 6 nitrogen and oxygen atoms in total. The fraction of sp³-hybridized carbons (Fsp3) is 0.312. The highest BCUT2D eigenvalue weighted by Gasteiger charge is 2.39. The number of carbonyl (C=O) groups is 2. The van der Waals surface area contributed by atoms with Gasteiger partial charge in [-0.3, -0.25) is 14.6 Å². The fourth-order valence-electron chi connectivity index (χ4n) is 2.31. The maximum absolute atomic E-state index is 12.8. The molecule has 0 spiro atoms. The number of benzene rings is 1. The summed E-state index contributed by atoms with van der Waals surface area (Å²) >= 11 is 0. The monoisotopic (exact) mass is 354 g/mol. The molecular weight excluding hydrogens is 337 g/mol. The van der Waals surface area contributed by atoms with Crippen LogP contribution in [0, 0.1) is 0 Å². The zero-order valence-electron chi connectivity index (χ0n) is 13.5. The zero-order chi connectivity index (χ0) is 18.7. The quantitative estimate of drug-likeness (QED) is 0.772. The molecule has 0 aromatic heterocycles. The van der Waals surface area contributed by atoms with E-state index < -0.39 is 35.3 Å². The van der Waals surface area contributed by atoms with Crippen molar-refractivity contribution in [1.82, 2.24) is 16.0 Å². The number of rotatable bonds is 4. The molecule has 2 atom stereocenters. The van der Waals surface area contributed by atoms with Crippen LogP contribution in [0.25, 0.3) is 0 Å². The summed E-state index contributed by atoms with van der Waals surface area (Å²) in [7, 11) is 0. The van der Waals surface area contributed by atoms with Gasteiger partial charge in [-0.25, -0.2) is 0 Å². The molecule has 1 aromatic rings. The normalized spacial score (nSPS) is 20.5. The third-order valence-corrected chi connectivity index (χ3v) is 3.53. The molecule has 2 amide bonds. The van der Waals surface area contributed by atoms with E-state index in [1.165, 1.54) is 37.7 Å². The number of halogens is 3. The first kappa shape index (κ1) is 18.5. The summed E-state index contributed by atoms with van der Waals surface area (Å²) in [5, 5.41) is 7.73. The third-order valence-electron chi connectivity index (χ3n) is 3.53. The van der Waals surface area contributed by atoms with E-state index in [0.29, 0.717) is 0 Å². The molecule has 1 unspecified atom stereocenters. The van der Waals surface area contributed by atoms with Crippen LogP contribution in [0.1, 0.15) is 31.0 Å². The van der Waals surface area contributed by atoms with Crippen LogP contribution >= 0.6 is 0 Å². The summed E-state index contributed by atoms with van der Waals surface area (Å²) in [6.07, 6.45) is -0.490. The van der Waals surface area contributed by atoms with Gasteiger partial charge in [0.2, 0.25) is 11.6 Å². The molecule has 9 heteroatoms. The van der Waals surface area contributed by atoms with E-state index in [0.717, 1.165) is 12.1 Å². The first-order chi connectivity index (χ1) is 11.6. The molecule has 1 aliphatic heterocycles. The van der Waals surface area contributed by atoms with Gasteiger partial charge in [-0.2, -0.15) is 13.2 Å². The van der Waals surface area contributed by atoms with Crippen molar-refractivity contribution in [3.63, 3.8) is 0 Å². The van der Waals surface area contributed by atoms with Crippen LogP contribution in [0.15, 0.2) is 41.7 Å². The molecule has 2 rings (SSSR count). The van der Waals surface area contributed by atoms with Crippen LogP contribution < -0.4 is 16.0 Å². The van der Waals surface area contributed by atoms with E-state index in [1.807, 2.05) is 0 Å². The van der Waals surface area contributed by atoms with Gasteiger partial charge in [-0.05, 0) is 24.6 Å². The van der Waals surface area contributed by atoms with E-state index in [9.17, 15) is 22.8 Å². The Hall–Kier alpha value is -2.84. The molecule has 1 aliphatic rings. The molecule has 25 heavy (non-hydrogen) atoms. The molecule has 134 valence electrons. The summed E-state index contributed by atoms with van der Waals surface area (Å²) in [6, 6.07) is 3.96. The number of hydrogen-bond donors (Lipinski definition) is 3. The fourth-order valence-corrected chi connectivity index (χ4v) is 2.31. The Morgan fingerprint density at radius 2 is 2.04 bits per heavy atom. The van der Waals surface area contributed by atoms with Gasteiger partial charge >= 0.3 is 6.18 Å². The molecule has 0 saturated carbocycles. The third kappa shape index (κ3) is 4.37. The van der Waals surface area contributed by atoms with Crippen molar-refractivity contribution < 1.29 is 22.8 Å². The summed E-state index contributed by atoms with van der Waals surface area (Å²) < 4.78 is 38.5. The van der Waals surface area contributed by atoms with Crippen LogP contribution in [0.2, 0.25) is 0 Å². The Kier molecular flexibility index (Phi) is 5.15. The second-order valence-electron chi connectivity index (χ2n) is 5.55. The molecule has 0 radical (unpaired) electrons. The Balaban J connectivity index is 2.20. The number of carbonyl (C=O) groups excluding carboxylic acids is 2. The minimum atomic E-state index is -4.47. The molecule has 0 bridgehead atoms. The van der Waals surface area contributed by atoms with Crippen molar-refractivity contribution in [3.05, 3.63) is 47.8 Å². The standard InChI is InChI=1S/C16H17F3N4O2/c1-10(12-4-3-5-13(8-12)16(17,18)19)22-14(25)15(23-11(2)24)9-20-6-7-21-15/h3-10,21H,1-2H3,(H,22,25)(H,23,24)/t10?,15-/m1/s1. The average Bonchev–Trinajstić information content (AvgIpc) is 2.54. The molecule has 1 aromatic carbocycles. The maximum Gasteiger partial charge on any atom is 0.416 e. The second kappa shape index (κ2) is 6.96. The average molecular weight is 354 g/mol. The van der Waals surface area contributed by atoms with Gasteiger partial charge in [0.25, 0.3) is 5.91 Å². The molecule has 0 fully saturated rings. The van der Waals surface area contributed by atoms with Gasteiger partial charge in [-0.1, -0.05) is 12.1 Å². The predicted molar refractivity (Wildman–Crippen MR) is 85.3 cm³/mol. The van der Waals surface area contributed by atoms with Crippen LogP contribution in [-0.4, -0.2) is 23.7 Å². The van der Waals surface area contributed by atoms with Crippen molar-refractivity contribution in [2.75, 3.05) is 0 Å². The van der Waals surface area contributed by atoms with Crippen LogP contribution in [0.3, 0.4) is 0 Å². The number of hydrogen-bond acceptors (Lipinski definition) is 4. The van der Waals surface area contributed by atoms with Crippen LogP contribution in [-0.2, 0) is 15.8 Å². The van der Waals surface area contributed by atoms with Gasteiger partial charge in [0, 0.05) is 19.3 Å². The van der Waals surface area contributed by atoms with Crippen molar-refractivity contribution >= 4 is 18.0 Å². The Morgan fingerprint density at radius 3 is 2.60 bits per heavy atom. The van der Waals surface area contributed by atoms with Gasteiger partial charge in [0.1, 0.15) is 0 Å². The van der Waals surface area contributed by atoms with Gasteiger partial charge in [0.15, 0.2) is 0 Å². The van der Waals surface area contributed by atoms with E-state index in [-0.39, 0.29) is 5.56 Å². The largest absolute Gasteiger partial charge is 0.416 e. The number of nitrogens with zero attached hydrogens (tertiary/aromatic N) is 1. The second-order valence-corrected chi connectivity index (χ2v) is 5.55. The summed E-state index contributed by atoms with van der Waals surface area (Å²) in [4.78, 5) is 27.8. The lowest BCUT2D eigenvalue weighted by Crippen LogP contribution is -2.67. The van der Waals surface area contributed by atoms with Gasteiger partial charge in [0.05, 0.1) is 17.8 Å². The zero-order valence-corrected chi connectivity index (χ0v) is 13.5. The van der Waals surface area contributed by atoms with E-state index >= 15 is 0 Å². The Bertz CT molecular complexity index is 730. The van der Waals surface area contributed by atoms with Crippen molar-refractivity contribution in [3.8, 4) is 0 Å². The Labute approximate surface area is 142 Å². The highest BCUT2D eigenvalue weighted by atomic mass is 19.4. The van der Waals surface area contributed by atoms with Crippen molar-refractivity contribution in [2.45, 2.75) is 31.7 Å². The Morgan fingerprint density at radius 1 is 1.32 bits per heavy atom. The molecule has 1 heterocycles.